The molecular formula is C26H28ClN3O3S. The molecule has 0 bridgehead atoms. The number of aromatic nitrogens is 2. The molecule has 2 aromatic heterocycles. The lowest BCUT2D eigenvalue weighted by molar-refractivity contribution is -0.139. The molecule has 6 nitrogen and oxygen atoms in total. The number of fused-ring (bicyclic) bond motifs is 1. The van der Waals surface area contributed by atoms with Crippen LogP contribution in [0.1, 0.15) is 62.0 Å². The van der Waals surface area contributed by atoms with Gasteiger partial charge >= 0.3 is 0 Å². The molecule has 0 radical (unpaired) electrons. The van der Waals surface area contributed by atoms with Crippen LogP contribution in [0.15, 0.2) is 24.5 Å². The fourth-order valence-corrected chi connectivity index (χ4v) is 6.45. The Morgan fingerprint density at radius 2 is 1.94 bits per heavy atom. The van der Waals surface area contributed by atoms with Gasteiger partial charge in [-0.05, 0) is 75.8 Å². The molecule has 5 rings (SSSR count). The summed E-state index contributed by atoms with van der Waals surface area (Å²) in [6.07, 6.45) is 6.35. The number of halogens is 1. The van der Waals surface area contributed by atoms with Gasteiger partial charge in [0.1, 0.15) is 6.33 Å². The SMILES string of the molecule is Cc1cc(Cl)cc(-c2ncnc3cc(CN4C(=O)CCC4=O)sc23)c1C[C@@H]1CCCC(C)(C)O1. The largest absolute Gasteiger partial charge is 0.372 e. The van der Waals surface area contributed by atoms with Crippen molar-refractivity contribution in [1.82, 2.24) is 14.9 Å². The lowest BCUT2D eigenvalue weighted by atomic mass is 9.89. The molecule has 2 aliphatic heterocycles. The van der Waals surface area contributed by atoms with Crippen molar-refractivity contribution in [2.24, 2.45) is 0 Å². The third kappa shape index (κ3) is 4.61. The van der Waals surface area contributed by atoms with Crippen LogP contribution in [0.3, 0.4) is 0 Å². The van der Waals surface area contributed by atoms with Gasteiger partial charge in [-0.15, -0.1) is 11.3 Å². The van der Waals surface area contributed by atoms with E-state index in [0.29, 0.717) is 17.9 Å². The van der Waals surface area contributed by atoms with Gasteiger partial charge in [-0.1, -0.05) is 11.6 Å². The number of aryl methyl sites for hydroxylation is 1. The number of hydrogen-bond acceptors (Lipinski definition) is 6. The second kappa shape index (κ2) is 9.02. The number of benzene rings is 1. The first-order valence-electron chi connectivity index (χ1n) is 11.7. The first-order valence-corrected chi connectivity index (χ1v) is 12.9. The van der Waals surface area contributed by atoms with Gasteiger partial charge in [0.25, 0.3) is 0 Å². The Bertz CT molecular complexity index is 1270. The van der Waals surface area contributed by atoms with Gasteiger partial charge in [0.15, 0.2) is 0 Å². The highest BCUT2D eigenvalue weighted by molar-refractivity contribution is 7.19. The molecule has 8 heteroatoms. The van der Waals surface area contributed by atoms with Gasteiger partial charge < -0.3 is 4.74 Å². The predicted molar refractivity (Wildman–Crippen MR) is 134 cm³/mol. The second-order valence-corrected chi connectivity index (χ2v) is 11.4. The van der Waals surface area contributed by atoms with E-state index in [1.165, 1.54) is 21.8 Å². The number of hydrogen-bond donors (Lipinski definition) is 0. The minimum absolute atomic E-state index is 0.112. The molecule has 2 saturated heterocycles. The zero-order valence-electron chi connectivity index (χ0n) is 19.7. The maximum Gasteiger partial charge on any atom is 0.230 e. The molecule has 3 aromatic rings. The lowest BCUT2D eigenvalue weighted by Gasteiger charge is -2.36. The Kier molecular flexibility index (Phi) is 6.21. The van der Waals surface area contributed by atoms with E-state index < -0.39 is 0 Å². The summed E-state index contributed by atoms with van der Waals surface area (Å²) in [5.41, 5.74) is 4.82. The van der Waals surface area contributed by atoms with Crippen molar-refractivity contribution in [3.05, 3.63) is 45.6 Å². The zero-order valence-corrected chi connectivity index (χ0v) is 21.3. The smallest absolute Gasteiger partial charge is 0.230 e. The summed E-state index contributed by atoms with van der Waals surface area (Å²) in [4.78, 5) is 35.6. The first-order chi connectivity index (χ1) is 16.2. The van der Waals surface area contributed by atoms with E-state index in [4.69, 9.17) is 16.3 Å². The summed E-state index contributed by atoms with van der Waals surface area (Å²) in [5, 5.41) is 0.665. The Labute approximate surface area is 208 Å². The Hall–Kier alpha value is -2.35. The van der Waals surface area contributed by atoms with Crippen LogP contribution in [0, 0.1) is 6.92 Å². The van der Waals surface area contributed by atoms with Crippen LogP contribution in [0.5, 0.6) is 0 Å². The molecule has 34 heavy (non-hydrogen) atoms. The monoisotopic (exact) mass is 497 g/mol. The molecule has 0 unspecified atom stereocenters. The maximum atomic E-state index is 12.1. The Morgan fingerprint density at radius 1 is 1.18 bits per heavy atom. The minimum atomic E-state index is -0.114. The summed E-state index contributed by atoms with van der Waals surface area (Å²) in [7, 11) is 0. The highest BCUT2D eigenvalue weighted by Gasteiger charge is 2.31. The van der Waals surface area contributed by atoms with Gasteiger partial charge in [0.05, 0.1) is 34.2 Å². The van der Waals surface area contributed by atoms with Crippen molar-refractivity contribution in [1.29, 1.82) is 0 Å². The summed E-state index contributed by atoms with van der Waals surface area (Å²) >= 11 is 8.04. The van der Waals surface area contributed by atoms with E-state index in [2.05, 4.69) is 30.7 Å². The van der Waals surface area contributed by atoms with Gasteiger partial charge in [-0.3, -0.25) is 14.5 Å². The van der Waals surface area contributed by atoms with Crippen molar-refractivity contribution in [3.8, 4) is 11.3 Å². The van der Waals surface area contributed by atoms with E-state index in [1.54, 1.807) is 6.33 Å². The number of amides is 2. The second-order valence-electron chi connectivity index (χ2n) is 9.87. The number of imide groups is 1. The van der Waals surface area contributed by atoms with Crippen LogP contribution < -0.4 is 0 Å². The molecule has 0 saturated carbocycles. The van der Waals surface area contributed by atoms with Crippen molar-refractivity contribution >= 4 is 45.0 Å². The summed E-state index contributed by atoms with van der Waals surface area (Å²) < 4.78 is 7.34. The molecular weight excluding hydrogens is 470 g/mol. The lowest BCUT2D eigenvalue weighted by Crippen LogP contribution is -2.36. The van der Waals surface area contributed by atoms with Crippen LogP contribution >= 0.6 is 22.9 Å². The highest BCUT2D eigenvalue weighted by Crippen LogP contribution is 2.39. The third-order valence-electron chi connectivity index (χ3n) is 6.75. The number of likely N-dealkylation sites (tertiary alicyclic amines) is 1. The Balaban J connectivity index is 1.53. The van der Waals surface area contributed by atoms with E-state index in [-0.39, 0.29) is 30.1 Å². The van der Waals surface area contributed by atoms with Gasteiger partial charge in [-0.25, -0.2) is 9.97 Å². The van der Waals surface area contributed by atoms with Gasteiger partial charge in [0.2, 0.25) is 11.8 Å². The molecule has 2 aliphatic rings. The van der Waals surface area contributed by atoms with Crippen molar-refractivity contribution in [3.63, 3.8) is 0 Å². The third-order valence-corrected chi connectivity index (χ3v) is 8.08. The van der Waals surface area contributed by atoms with Crippen LogP contribution in [0.25, 0.3) is 21.5 Å². The van der Waals surface area contributed by atoms with E-state index in [1.807, 2.05) is 18.2 Å². The number of rotatable bonds is 5. The number of nitrogens with zero attached hydrogens (tertiary/aromatic N) is 3. The molecule has 178 valence electrons. The topological polar surface area (TPSA) is 72.4 Å². The molecule has 1 aromatic carbocycles. The van der Waals surface area contributed by atoms with E-state index in [0.717, 1.165) is 57.6 Å². The molecule has 4 heterocycles. The van der Waals surface area contributed by atoms with Gasteiger partial charge in [-0.2, -0.15) is 0 Å². The summed E-state index contributed by atoms with van der Waals surface area (Å²) in [6.45, 7) is 6.68. The summed E-state index contributed by atoms with van der Waals surface area (Å²) in [6, 6.07) is 5.93. The zero-order chi connectivity index (χ0) is 24.0. The summed E-state index contributed by atoms with van der Waals surface area (Å²) in [5.74, 6) is -0.228. The molecule has 2 amide bonds. The fraction of sp³-hybridized carbons (Fsp3) is 0.462. The normalized spacial score (nSPS) is 20.5. The number of carbonyl (C=O) groups excluding carboxylic acids is 2. The van der Waals surface area contributed by atoms with Crippen molar-refractivity contribution < 1.29 is 14.3 Å². The fourth-order valence-electron chi connectivity index (χ4n) is 5.08. The quantitative estimate of drug-likeness (QED) is 0.413. The molecule has 1 atom stereocenters. The van der Waals surface area contributed by atoms with Crippen LogP contribution in [-0.2, 0) is 27.3 Å². The van der Waals surface area contributed by atoms with Crippen LogP contribution in [0.4, 0.5) is 0 Å². The average molecular weight is 498 g/mol. The average Bonchev–Trinajstić information content (AvgIpc) is 3.32. The Morgan fingerprint density at radius 3 is 2.68 bits per heavy atom. The number of ether oxygens (including phenoxy) is 1. The molecule has 0 N–H and O–H groups in total. The predicted octanol–water partition coefficient (Wildman–Crippen LogP) is 5.86. The maximum absolute atomic E-state index is 12.1. The minimum Gasteiger partial charge on any atom is -0.372 e. The van der Waals surface area contributed by atoms with Crippen molar-refractivity contribution in [2.45, 2.75) is 77.5 Å². The highest BCUT2D eigenvalue weighted by atomic mass is 35.5. The molecule has 0 spiro atoms. The molecule has 0 aliphatic carbocycles. The van der Waals surface area contributed by atoms with E-state index >= 15 is 0 Å². The first kappa shape index (κ1) is 23.4. The van der Waals surface area contributed by atoms with Crippen molar-refractivity contribution in [2.75, 3.05) is 0 Å². The number of carbonyl (C=O) groups is 2. The van der Waals surface area contributed by atoms with Gasteiger partial charge in [0, 0.05) is 28.3 Å². The van der Waals surface area contributed by atoms with E-state index in [9.17, 15) is 9.59 Å². The molecule has 2 fully saturated rings. The standard InChI is InChI=1S/C26H28ClN3O3S/c1-15-9-16(27)10-20(19(15)11-17-5-4-8-26(2,3)33-17)24-25-21(28-14-29-24)12-18(34-25)13-30-22(31)6-7-23(30)32/h9-10,12,14,17H,4-8,11,13H2,1-3H3/t17-/m0/s1. The number of thiophene rings is 1. The van der Waals surface area contributed by atoms with Crippen LogP contribution in [0.2, 0.25) is 5.02 Å². The van der Waals surface area contributed by atoms with Crippen LogP contribution in [-0.4, -0.2) is 38.4 Å².